The van der Waals surface area contributed by atoms with Gasteiger partial charge in [0.2, 0.25) is 5.91 Å². The number of carbonyl (C=O) groups excluding carboxylic acids is 1. The van der Waals surface area contributed by atoms with Gasteiger partial charge in [0.15, 0.2) is 0 Å². The average molecular weight is 249 g/mol. The third-order valence-corrected chi connectivity index (χ3v) is 3.18. The fraction of sp³-hybridized carbons (Fsp3) is 0.462. The Labute approximate surface area is 107 Å². The van der Waals surface area contributed by atoms with Crippen LogP contribution in [0.25, 0.3) is 0 Å². The van der Waals surface area contributed by atoms with Crippen LogP contribution in [0.5, 0.6) is 5.75 Å². The fourth-order valence-electron chi connectivity index (χ4n) is 2.30. The Hall–Kier alpha value is -1.91. The first-order chi connectivity index (χ1) is 8.60. The maximum absolute atomic E-state index is 11.0. The number of carbonyl (C=O) groups is 1. The van der Waals surface area contributed by atoms with Gasteiger partial charge in [-0.2, -0.15) is 0 Å². The van der Waals surface area contributed by atoms with Crippen molar-refractivity contribution in [3.05, 3.63) is 18.2 Å². The number of hydrogen-bond acceptors (Lipinski definition) is 4. The zero-order valence-electron chi connectivity index (χ0n) is 10.8. The molecule has 0 unspecified atom stereocenters. The largest absolute Gasteiger partial charge is 0.495 e. The molecule has 1 heterocycles. The smallest absolute Gasteiger partial charge is 0.217 e. The van der Waals surface area contributed by atoms with Crippen molar-refractivity contribution in [1.29, 1.82) is 0 Å². The normalized spacial score (nSPS) is 18.8. The molecule has 0 aliphatic carbocycles. The molecule has 1 saturated heterocycles. The van der Waals surface area contributed by atoms with Gasteiger partial charge < -0.3 is 20.7 Å². The molecule has 3 N–H and O–H groups in total. The van der Waals surface area contributed by atoms with Crippen LogP contribution >= 0.6 is 0 Å². The van der Waals surface area contributed by atoms with E-state index in [1.165, 1.54) is 0 Å². The number of nitrogens with zero attached hydrogens (tertiary/aromatic N) is 1. The molecule has 1 aromatic rings. The highest BCUT2D eigenvalue weighted by molar-refractivity contribution is 5.73. The Kier molecular flexibility index (Phi) is 3.60. The molecular formula is C13H19N3O2. The molecule has 0 saturated carbocycles. The van der Waals surface area contributed by atoms with Crippen molar-refractivity contribution in [1.82, 2.24) is 5.32 Å². The zero-order chi connectivity index (χ0) is 13.1. The second-order valence-corrected chi connectivity index (χ2v) is 4.56. The number of nitrogens with two attached hydrogens (primary N) is 1. The molecule has 0 aromatic heterocycles. The summed E-state index contributed by atoms with van der Waals surface area (Å²) in [6, 6.07) is 5.99. The number of benzene rings is 1. The summed E-state index contributed by atoms with van der Waals surface area (Å²) in [5.74, 6) is 0.715. The van der Waals surface area contributed by atoms with Crippen molar-refractivity contribution in [3.63, 3.8) is 0 Å². The van der Waals surface area contributed by atoms with Gasteiger partial charge in [0.25, 0.3) is 0 Å². The maximum atomic E-state index is 11.0. The highest BCUT2D eigenvalue weighted by Gasteiger charge is 2.23. The molecule has 5 nitrogen and oxygen atoms in total. The van der Waals surface area contributed by atoms with Gasteiger partial charge >= 0.3 is 0 Å². The first-order valence-corrected chi connectivity index (χ1v) is 6.05. The summed E-state index contributed by atoms with van der Waals surface area (Å²) in [7, 11) is 1.61. The summed E-state index contributed by atoms with van der Waals surface area (Å²) < 4.78 is 5.22. The molecule has 0 spiro atoms. The van der Waals surface area contributed by atoms with E-state index in [0.29, 0.717) is 11.4 Å². The van der Waals surface area contributed by atoms with Gasteiger partial charge in [-0.3, -0.25) is 4.79 Å². The van der Waals surface area contributed by atoms with Gasteiger partial charge in [-0.25, -0.2) is 0 Å². The van der Waals surface area contributed by atoms with Crippen LogP contribution in [0, 0.1) is 0 Å². The van der Waals surface area contributed by atoms with Gasteiger partial charge in [-0.15, -0.1) is 0 Å². The highest BCUT2D eigenvalue weighted by Crippen LogP contribution is 2.29. The minimum atomic E-state index is 0.0248. The number of anilines is 2. The van der Waals surface area contributed by atoms with Gasteiger partial charge in [-0.05, 0) is 18.6 Å². The Morgan fingerprint density at radius 2 is 2.33 bits per heavy atom. The monoisotopic (exact) mass is 249 g/mol. The maximum Gasteiger partial charge on any atom is 0.217 e. The van der Waals surface area contributed by atoms with Crippen molar-refractivity contribution in [2.75, 3.05) is 30.8 Å². The quantitative estimate of drug-likeness (QED) is 0.784. The van der Waals surface area contributed by atoms with Crippen LogP contribution in [0.15, 0.2) is 18.2 Å². The van der Waals surface area contributed by atoms with Crippen LogP contribution in [-0.4, -0.2) is 32.1 Å². The lowest BCUT2D eigenvalue weighted by atomic mass is 10.2. The third kappa shape index (κ3) is 2.67. The predicted molar refractivity (Wildman–Crippen MR) is 71.8 cm³/mol. The predicted octanol–water partition coefficient (Wildman–Crippen LogP) is 0.992. The van der Waals surface area contributed by atoms with E-state index in [1.807, 2.05) is 18.2 Å². The van der Waals surface area contributed by atoms with Crippen molar-refractivity contribution in [3.8, 4) is 5.75 Å². The number of nitrogens with one attached hydrogen (secondary N) is 1. The molecule has 1 aliphatic rings. The second-order valence-electron chi connectivity index (χ2n) is 4.56. The van der Waals surface area contributed by atoms with Crippen LogP contribution in [0.3, 0.4) is 0 Å². The van der Waals surface area contributed by atoms with E-state index in [4.69, 9.17) is 10.5 Å². The van der Waals surface area contributed by atoms with E-state index in [0.717, 1.165) is 25.2 Å². The summed E-state index contributed by atoms with van der Waals surface area (Å²) in [6.45, 7) is 3.31. The lowest BCUT2D eigenvalue weighted by molar-refractivity contribution is -0.119. The van der Waals surface area contributed by atoms with E-state index >= 15 is 0 Å². The molecule has 1 aromatic carbocycles. The molecule has 1 atom stereocenters. The molecule has 98 valence electrons. The number of nitrogen functional groups attached to an aromatic ring is 1. The molecule has 0 bridgehead atoms. The molecule has 0 radical (unpaired) electrons. The molecule has 1 aliphatic heterocycles. The number of methoxy groups -OCH3 is 1. The summed E-state index contributed by atoms with van der Waals surface area (Å²) in [5.41, 5.74) is 7.51. The van der Waals surface area contributed by atoms with Crippen LogP contribution < -0.4 is 20.7 Å². The van der Waals surface area contributed by atoms with E-state index < -0.39 is 0 Å². The minimum absolute atomic E-state index is 0.0248. The molecule has 18 heavy (non-hydrogen) atoms. The zero-order valence-corrected chi connectivity index (χ0v) is 10.8. The summed E-state index contributed by atoms with van der Waals surface area (Å²) in [5, 5.41) is 2.94. The van der Waals surface area contributed by atoms with Crippen molar-refractivity contribution >= 4 is 17.3 Å². The van der Waals surface area contributed by atoms with Crippen molar-refractivity contribution < 1.29 is 9.53 Å². The van der Waals surface area contributed by atoms with E-state index in [9.17, 15) is 4.79 Å². The van der Waals surface area contributed by atoms with E-state index in [-0.39, 0.29) is 11.9 Å². The summed E-state index contributed by atoms with van der Waals surface area (Å²) in [4.78, 5) is 13.2. The lowest BCUT2D eigenvalue weighted by Gasteiger charge is -2.20. The van der Waals surface area contributed by atoms with E-state index in [2.05, 4.69) is 10.2 Å². The first kappa shape index (κ1) is 12.5. The fourth-order valence-corrected chi connectivity index (χ4v) is 2.30. The Balaban J connectivity index is 2.07. The molecule has 1 amide bonds. The minimum Gasteiger partial charge on any atom is -0.495 e. The second kappa shape index (κ2) is 5.16. The molecular weight excluding hydrogens is 230 g/mol. The van der Waals surface area contributed by atoms with Crippen LogP contribution in [0.1, 0.15) is 13.3 Å². The Bertz CT molecular complexity index is 448. The first-order valence-electron chi connectivity index (χ1n) is 6.05. The van der Waals surface area contributed by atoms with Crippen LogP contribution in [0.4, 0.5) is 11.4 Å². The summed E-state index contributed by atoms with van der Waals surface area (Å²) >= 11 is 0. The topological polar surface area (TPSA) is 67.6 Å². The highest BCUT2D eigenvalue weighted by atomic mass is 16.5. The number of rotatable bonds is 3. The standard InChI is InChI=1S/C13H19N3O2/c1-9(17)15-10-5-6-16(8-10)11-3-4-12(14)13(7-11)18-2/h3-4,7,10H,5-6,8,14H2,1-2H3,(H,15,17)/t10-/m1/s1. The van der Waals surface area contributed by atoms with Crippen LogP contribution in [-0.2, 0) is 4.79 Å². The SMILES string of the molecule is COc1cc(N2CC[C@@H](NC(C)=O)C2)ccc1N. The van der Waals surface area contributed by atoms with E-state index in [1.54, 1.807) is 14.0 Å². The number of amides is 1. The average Bonchev–Trinajstić information content (AvgIpc) is 2.77. The van der Waals surface area contributed by atoms with Gasteiger partial charge in [0.1, 0.15) is 5.75 Å². The summed E-state index contributed by atoms with van der Waals surface area (Å²) in [6.07, 6.45) is 0.965. The Morgan fingerprint density at radius 1 is 1.56 bits per heavy atom. The third-order valence-electron chi connectivity index (χ3n) is 3.18. The molecule has 5 heteroatoms. The van der Waals surface area contributed by atoms with Gasteiger partial charge in [-0.1, -0.05) is 0 Å². The van der Waals surface area contributed by atoms with Crippen molar-refractivity contribution in [2.24, 2.45) is 0 Å². The number of hydrogen-bond donors (Lipinski definition) is 2. The molecule has 2 rings (SSSR count). The van der Waals surface area contributed by atoms with Gasteiger partial charge in [0, 0.05) is 37.8 Å². The lowest BCUT2D eigenvalue weighted by Crippen LogP contribution is -2.35. The Morgan fingerprint density at radius 3 is 3.00 bits per heavy atom. The molecule has 1 fully saturated rings. The van der Waals surface area contributed by atoms with Crippen molar-refractivity contribution in [2.45, 2.75) is 19.4 Å². The van der Waals surface area contributed by atoms with Gasteiger partial charge in [0.05, 0.1) is 12.8 Å². The van der Waals surface area contributed by atoms with Crippen LogP contribution in [0.2, 0.25) is 0 Å². The number of ether oxygens (including phenoxy) is 1.